The lowest BCUT2D eigenvalue weighted by Gasteiger charge is -2.35. The van der Waals surface area contributed by atoms with E-state index in [2.05, 4.69) is 26.1 Å². The van der Waals surface area contributed by atoms with Crippen LogP contribution in [0.2, 0.25) is 0 Å². The van der Waals surface area contributed by atoms with E-state index in [0.29, 0.717) is 31.2 Å². The van der Waals surface area contributed by atoms with Crippen LogP contribution in [0, 0.1) is 0 Å². The minimum Gasteiger partial charge on any atom is -0.373 e. The zero-order valence-corrected chi connectivity index (χ0v) is 16.7. The molecule has 3 rings (SSSR count). The minimum absolute atomic E-state index is 0.0138. The van der Waals surface area contributed by atoms with Crippen LogP contribution in [0.15, 0.2) is 33.6 Å². The highest BCUT2D eigenvalue weighted by molar-refractivity contribution is 9.10. The summed E-state index contributed by atoms with van der Waals surface area (Å²) in [5, 5.41) is 2.96. The number of halogens is 1. The summed E-state index contributed by atoms with van der Waals surface area (Å²) in [6.07, 6.45) is 3.60. The molecule has 0 radical (unpaired) electrons. The van der Waals surface area contributed by atoms with Gasteiger partial charge in [-0.15, -0.1) is 0 Å². The summed E-state index contributed by atoms with van der Waals surface area (Å²) in [5.41, 5.74) is 0. The van der Waals surface area contributed by atoms with Crippen molar-refractivity contribution < 1.29 is 13.7 Å². The van der Waals surface area contributed by atoms with Gasteiger partial charge < -0.3 is 10.1 Å². The molecule has 0 aromatic heterocycles. The Hall–Kier alpha value is -0.760. The van der Waals surface area contributed by atoms with Crippen molar-refractivity contribution in [3.05, 3.63) is 28.7 Å². The molecule has 7 heteroatoms. The normalized spacial score (nSPS) is 24.7. The van der Waals surface area contributed by atoms with Gasteiger partial charge in [0.25, 0.3) is 0 Å². The number of morpholine rings is 1. The number of nitrogens with zero attached hydrogens (tertiary/aromatic N) is 1. The van der Waals surface area contributed by atoms with Gasteiger partial charge in [-0.1, -0.05) is 15.9 Å². The number of amides is 1. The third-order valence-corrected chi connectivity index (χ3v) is 6.78. The van der Waals surface area contributed by atoms with Gasteiger partial charge in [0.15, 0.2) is 0 Å². The quantitative estimate of drug-likeness (QED) is 0.723. The Labute approximate surface area is 160 Å². The number of rotatable bonds is 7. The van der Waals surface area contributed by atoms with E-state index in [-0.39, 0.29) is 12.0 Å². The number of carbonyl (C=O) groups excluding carboxylic acids is 1. The summed E-state index contributed by atoms with van der Waals surface area (Å²) in [6.45, 7) is 3.42. The lowest BCUT2D eigenvalue weighted by atomic mass is 10.2. The number of ether oxygens (including phenoxy) is 1. The smallest absolute Gasteiger partial charge is 0.220 e. The number of fused-ring (bicyclic) bond motifs is 1. The fourth-order valence-corrected chi connectivity index (χ4v) is 4.74. The second-order valence-electron chi connectivity index (χ2n) is 6.66. The van der Waals surface area contributed by atoms with Crippen molar-refractivity contribution in [2.24, 2.45) is 0 Å². The van der Waals surface area contributed by atoms with Gasteiger partial charge in [-0.3, -0.25) is 13.9 Å². The average Bonchev–Trinajstić information content (AvgIpc) is 3.08. The van der Waals surface area contributed by atoms with Crippen LogP contribution in [-0.4, -0.2) is 59.2 Å². The summed E-state index contributed by atoms with van der Waals surface area (Å²) in [7, 11) is -1.05. The maximum absolute atomic E-state index is 12.2. The number of hydrogen-bond acceptors (Lipinski definition) is 4. The molecule has 0 bridgehead atoms. The monoisotopic (exact) mass is 428 g/mol. The number of carbonyl (C=O) groups is 1. The van der Waals surface area contributed by atoms with Crippen LogP contribution in [0.25, 0.3) is 0 Å². The molecule has 5 nitrogen and oxygen atoms in total. The largest absolute Gasteiger partial charge is 0.373 e. The first-order valence-corrected chi connectivity index (χ1v) is 11.0. The first kappa shape index (κ1) is 19.0. The first-order chi connectivity index (χ1) is 12.1. The number of benzene rings is 1. The number of nitrogens with one attached hydrogen (secondary N) is 1. The molecule has 1 N–H and O–H groups in total. The predicted octanol–water partition coefficient (Wildman–Crippen LogP) is 2.32. The van der Waals surface area contributed by atoms with E-state index in [1.54, 1.807) is 0 Å². The van der Waals surface area contributed by atoms with E-state index in [4.69, 9.17) is 4.74 Å². The molecule has 1 amide bonds. The Morgan fingerprint density at radius 1 is 1.36 bits per heavy atom. The average molecular weight is 429 g/mol. The van der Waals surface area contributed by atoms with Crippen molar-refractivity contribution in [1.29, 1.82) is 0 Å². The third-order valence-electron chi connectivity index (χ3n) is 4.80. The highest BCUT2D eigenvalue weighted by Gasteiger charge is 2.32. The van der Waals surface area contributed by atoms with Crippen LogP contribution in [0.5, 0.6) is 0 Å². The molecule has 0 spiro atoms. The zero-order chi connectivity index (χ0) is 17.6. The summed E-state index contributed by atoms with van der Waals surface area (Å²) < 4.78 is 19.0. The van der Waals surface area contributed by atoms with Gasteiger partial charge in [0.1, 0.15) is 0 Å². The molecule has 3 unspecified atom stereocenters. The van der Waals surface area contributed by atoms with Gasteiger partial charge in [0.2, 0.25) is 5.91 Å². The van der Waals surface area contributed by atoms with Crippen molar-refractivity contribution in [1.82, 2.24) is 10.2 Å². The summed E-state index contributed by atoms with van der Waals surface area (Å²) in [6, 6.07) is 8.06. The summed E-state index contributed by atoms with van der Waals surface area (Å²) >= 11 is 3.37. The predicted molar refractivity (Wildman–Crippen MR) is 102 cm³/mol. The van der Waals surface area contributed by atoms with E-state index in [1.807, 2.05) is 24.3 Å². The SMILES string of the molecule is O=C(CCCS(=O)c1ccc(Br)cc1)NCC1CN2CCCC2CO1. The highest BCUT2D eigenvalue weighted by atomic mass is 79.9. The second kappa shape index (κ2) is 9.26. The maximum Gasteiger partial charge on any atom is 0.220 e. The number of hydrogen-bond donors (Lipinski definition) is 1. The lowest BCUT2D eigenvalue weighted by molar-refractivity contribution is -0.122. The van der Waals surface area contributed by atoms with Gasteiger partial charge >= 0.3 is 0 Å². The third kappa shape index (κ3) is 5.61. The molecule has 2 fully saturated rings. The van der Waals surface area contributed by atoms with Crippen molar-refractivity contribution in [2.45, 2.75) is 42.7 Å². The van der Waals surface area contributed by atoms with Crippen molar-refractivity contribution >= 4 is 32.6 Å². The molecule has 2 aliphatic heterocycles. The molecule has 2 aliphatic rings. The second-order valence-corrected chi connectivity index (χ2v) is 9.14. The molecule has 2 saturated heterocycles. The molecular weight excluding hydrogens is 404 g/mol. The molecule has 0 saturated carbocycles. The topological polar surface area (TPSA) is 58.6 Å². The Morgan fingerprint density at radius 2 is 2.16 bits per heavy atom. The highest BCUT2D eigenvalue weighted by Crippen LogP contribution is 2.22. The standard InChI is InChI=1S/C18H25BrN2O3S/c19-14-5-7-17(8-6-14)25(23)10-2-4-18(22)20-11-16-12-21-9-1-3-15(21)13-24-16/h5-8,15-16H,1-4,9-13H2,(H,20,22). The first-order valence-electron chi connectivity index (χ1n) is 8.88. The van der Waals surface area contributed by atoms with Gasteiger partial charge in [-0.25, -0.2) is 0 Å². The molecule has 2 heterocycles. The Bertz CT molecular complexity index is 611. The van der Waals surface area contributed by atoms with Crippen LogP contribution in [0.1, 0.15) is 25.7 Å². The van der Waals surface area contributed by atoms with Gasteiger partial charge in [-0.05, 0) is 50.1 Å². The van der Waals surface area contributed by atoms with E-state index in [0.717, 1.165) is 29.1 Å². The maximum atomic E-state index is 12.2. The van der Waals surface area contributed by atoms with Crippen molar-refractivity contribution in [2.75, 3.05) is 32.0 Å². The Morgan fingerprint density at radius 3 is 2.96 bits per heavy atom. The summed E-state index contributed by atoms with van der Waals surface area (Å²) in [5.74, 6) is 0.518. The fourth-order valence-electron chi connectivity index (χ4n) is 3.39. The molecule has 0 aliphatic carbocycles. The summed E-state index contributed by atoms with van der Waals surface area (Å²) in [4.78, 5) is 15.3. The molecule has 3 atom stereocenters. The zero-order valence-electron chi connectivity index (χ0n) is 14.3. The van der Waals surface area contributed by atoms with Crippen LogP contribution in [-0.2, 0) is 20.3 Å². The van der Waals surface area contributed by atoms with Gasteiger partial charge in [0.05, 0.1) is 23.5 Å². The van der Waals surface area contributed by atoms with Crippen molar-refractivity contribution in [3.63, 3.8) is 0 Å². The van der Waals surface area contributed by atoms with E-state index in [9.17, 15) is 9.00 Å². The molecular formula is C18H25BrN2O3S. The molecule has 1 aromatic rings. The van der Waals surface area contributed by atoms with Crippen molar-refractivity contribution in [3.8, 4) is 0 Å². The van der Waals surface area contributed by atoms with Crippen LogP contribution >= 0.6 is 15.9 Å². The Balaban J connectivity index is 1.31. The van der Waals surface area contributed by atoms with E-state index in [1.165, 1.54) is 12.8 Å². The Kier molecular flexibility index (Phi) is 7.04. The van der Waals surface area contributed by atoms with Gasteiger partial charge in [0, 0.05) is 40.7 Å². The van der Waals surface area contributed by atoms with E-state index < -0.39 is 10.8 Å². The molecule has 138 valence electrons. The lowest BCUT2D eigenvalue weighted by Crippen LogP contribution is -2.50. The fraction of sp³-hybridized carbons (Fsp3) is 0.611. The molecule has 1 aromatic carbocycles. The van der Waals surface area contributed by atoms with Gasteiger partial charge in [-0.2, -0.15) is 0 Å². The molecule has 25 heavy (non-hydrogen) atoms. The minimum atomic E-state index is -1.05. The van der Waals surface area contributed by atoms with Crippen LogP contribution in [0.3, 0.4) is 0 Å². The van der Waals surface area contributed by atoms with Crippen LogP contribution < -0.4 is 5.32 Å². The van der Waals surface area contributed by atoms with Crippen LogP contribution in [0.4, 0.5) is 0 Å². The van der Waals surface area contributed by atoms with E-state index >= 15 is 0 Å².